The molecule has 0 spiro atoms. The molecule has 3 aromatic heterocycles. The van der Waals surface area contributed by atoms with Crippen LogP contribution in [0.2, 0.25) is 0 Å². The molecule has 0 amide bonds. The van der Waals surface area contributed by atoms with Gasteiger partial charge in [-0.2, -0.15) is 8.78 Å². The second-order valence-corrected chi connectivity index (χ2v) is 16.4. The fraction of sp³-hybridized carbons (Fsp3) is 0.200. The lowest BCUT2D eigenvalue weighted by Gasteiger charge is -2.26. The van der Waals surface area contributed by atoms with Crippen molar-refractivity contribution in [3.63, 3.8) is 0 Å². The summed E-state index contributed by atoms with van der Waals surface area (Å²) in [4.78, 5) is 15.6. The summed E-state index contributed by atoms with van der Waals surface area (Å²) in [5.41, 5.74) is -2.88. The molecule has 4 atom stereocenters. The number of nitrogens with one attached hydrogen (secondary N) is 2. The summed E-state index contributed by atoms with van der Waals surface area (Å²) < 4.78 is 140. The first kappa shape index (κ1) is 47.7. The molecule has 0 fully saturated rings. The van der Waals surface area contributed by atoms with Crippen LogP contribution in [0.15, 0.2) is 90.3 Å². The van der Waals surface area contributed by atoms with E-state index in [1.807, 2.05) is 0 Å². The van der Waals surface area contributed by atoms with E-state index in [0.717, 1.165) is 0 Å². The van der Waals surface area contributed by atoms with Gasteiger partial charge in [0.25, 0.3) is 0 Å². The number of phenolic OH excluding ortho intramolecular Hbond substituents is 2. The molecule has 362 valence electrons. The monoisotopic (exact) mass is 974 g/mol. The molecular formula is C50H38F8N4O8. The number of rotatable bonds is 12. The molecule has 70 heavy (non-hydrogen) atoms. The van der Waals surface area contributed by atoms with Gasteiger partial charge in [-0.1, -0.05) is 24.3 Å². The number of aromatic hydroxyl groups is 2. The second kappa shape index (κ2) is 19.2. The van der Waals surface area contributed by atoms with Crippen molar-refractivity contribution in [1.29, 1.82) is 0 Å². The summed E-state index contributed by atoms with van der Waals surface area (Å²) in [5, 5.41) is 59.2. The minimum absolute atomic E-state index is 0.00791. The first-order valence-electron chi connectivity index (χ1n) is 21.4. The zero-order valence-electron chi connectivity index (χ0n) is 36.1. The summed E-state index contributed by atoms with van der Waals surface area (Å²) in [6, 6.07) is 16.9. The SMILES string of the molecule is OCC(O)COc1c(F)c(F)c(-c2c3nc(c(-c4cccc(O)c4)c4ccc([nH]4)c(C4=C(F)C(F)C(OCC(O)CO)C(F)=C4F)c4nc(c(-c5cccc(O)c5)c5ccc2[nH]5)C=C4)CC3)c(F)c1F. The van der Waals surface area contributed by atoms with E-state index in [4.69, 9.17) is 19.4 Å². The standard InChI is InChI=1S/C50H38F8N4O8/c51-41-39(42(52)46(56)49(45(41)55)69-19-25(67)17-63)37-31-11-7-27(59-31)35(21-3-1-5-23(65)15-21)28-8-12-32(60-28)38(40-43(53)47(57)50(48(58)44(40)54)70-20-26(68)18-64)34-14-10-30(62-34)36(29-9-13-33(37)61-29)22-4-2-6-24(66)16-22/h1-9,11-13,15-16,25-26,45,49,60-61,63-68H,10,14,17-20H2. The van der Waals surface area contributed by atoms with Gasteiger partial charge >= 0.3 is 0 Å². The molecule has 0 radical (unpaired) electrons. The van der Waals surface area contributed by atoms with Gasteiger partial charge in [-0.05, 0) is 84.7 Å². The number of hydrogen-bond donors (Lipinski definition) is 8. The molecule has 0 saturated heterocycles. The fourth-order valence-electron chi connectivity index (χ4n) is 8.56. The Morgan fingerprint density at radius 3 is 1.66 bits per heavy atom. The van der Waals surface area contributed by atoms with Crippen LogP contribution in [0.1, 0.15) is 28.3 Å². The molecule has 3 aliphatic rings. The number of aromatic nitrogens is 4. The van der Waals surface area contributed by atoms with Gasteiger partial charge in [0.1, 0.15) is 42.2 Å². The first-order valence-corrected chi connectivity index (χ1v) is 21.4. The molecule has 6 aromatic rings. The average Bonchev–Trinajstić information content (AvgIpc) is 4.20. The van der Waals surface area contributed by atoms with Crippen LogP contribution in [0.3, 0.4) is 0 Å². The molecule has 3 aromatic carbocycles. The third kappa shape index (κ3) is 8.57. The zero-order valence-corrected chi connectivity index (χ0v) is 36.1. The Bertz CT molecular complexity index is 3320. The minimum atomic E-state index is -2.97. The third-order valence-electron chi connectivity index (χ3n) is 11.8. The van der Waals surface area contributed by atoms with Gasteiger partial charge in [-0.3, -0.25) is 4.98 Å². The number of allylic oxidation sites excluding steroid dienone is 2. The van der Waals surface area contributed by atoms with E-state index < -0.39 is 120 Å². The van der Waals surface area contributed by atoms with Crippen LogP contribution >= 0.6 is 0 Å². The van der Waals surface area contributed by atoms with Crippen LogP contribution < -0.4 is 4.74 Å². The molecule has 0 saturated carbocycles. The van der Waals surface area contributed by atoms with Gasteiger partial charge in [0.15, 0.2) is 35.2 Å². The number of H-pyrrole nitrogens is 2. The van der Waals surface area contributed by atoms with Crippen LogP contribution in [0.4, 0.5) is 35.1 Å². The molecule has 8 bridgehead atoms. The number of nitrogens with zero attached hydrogens (tertiary/aromatic N) is 2. The molecule has 1 aliphatic carbocycles. The lowest BCUT2D eigenvalue weighted by atomic mass is 9.92. The van der Waals surface area contributed by atoms with Crippen LogP contribution in [-0.2, 0) is 17.6 Å². The highest BCUT2D eigenvalue weighted by Gasteiger charge is 2.42. The molecule has 2 aliphatic heterocycles. The minimum Gasteiger partial charge on any atom is -0.508 e. The van der Waals surface area contributed by atoms with Gasteiger partial charge in [-0.25, -0.2) is 31.3 Å². The van der Waals surface area contributed by atoms with E-state index in [0.29, 0.717) is 0 Å². The van der Waals surface area contributed by atoms with Crippen molar-refractivity contribution < 1.29 is 75.2 Å². The molecule has 8 N–H and O–H groups in total. The predicted molar refractivity (Wildman–Crippen MR) is 240 cm³/mol. The molecule has 20 heteroatoms. The number of fused-ring (bicyclic) bond motifs is 8. The number of halogens is 8. The summed E-state index contributed by atoms with van der Waals surface area (Å²) >= 11 is 0. The average molecular weight is 975 g/mol. The van der Waals surface area contributed by atoms with Gasteiger partial charge < -0.3 is 50.1 Å². The fourth-order valence-corrected chi connectivity index (χ4v) is 8.56. The van der Waals surface area contributed by atoms with E-state index in [-0.39, 0.29) is 91.4 Å². The van der Waals surface area contributed by atoms with Crippen molar-refractivity contribution in [2.45, 2.75) is 37.3 Å². The van der Waals surface area contributed by atoms with Crippen molar-refractivity contribution in [3.8, 4) is 50.6 Å². The smallest absolute Gasteiger partial charge is 0.204 e. The molecule has 5 heterocycles. The quantitative estimate of drug-likeness (QED) is 0.0433. The van der Waals surface area contributed by atoms with E-state index >= 15 is 35.1 Å². The first-order chi connectivity index (χ1) is 33.6. The van der Waals surface area contributed by atoms with Crippen LogP contribution in [-0.4, -0.2) is 101 Å². The Morgan fingerprint density at radius 2 is 1.09 bits per heavy atom. The van der Waals surface area contributed by atoms with Crippen LogP contribution in [0, 0.1) is 23.3 Å². The number of phenols is 2. The number of aliphatic hydroxyl groups is 4. The van der Waals surface area contributed by atoms with E-state index in [1.165, 1.54) is 78.9 Å². The highest BCUT2D eigenvalue weighted by atomic mass is 19.2. The van der Waals surface area contributed by atoms with E-state index in [9.17, 15) is 30.6 Å². The topological polar surface area (TPSA) is 197 Å². The summed E-state index contributed by atoms with van der Waals surface area (Å²) in [6.07, 6.45) is -6.27. The number of hydrogen-bond acceptors (Lipinski definition) is 10. The molecule has 4 unspecified atom stereocenters. The Kier molecular flexibility index (Phi) is 13.1. The Balaban J connectivity index is 1.42. The number of benzene rings is 3. The van der Waals surface area contributed by atoms with Crippen molar-refractivity contribution in [2.24, 2.45) is 0 Å². The summed E-state index contributed by atoms with van der Waals surface area (Å²) in [6.45, 7) is -3.58. The lowest BCUT2D eigenvalue weighted by molar-refractivity contribution is -0.0468. The number of aliphatic hydroxyl groups excluding tert-OH is 4. The van der Waals surface area contributed by atoms with Gasteiger partial charge in [-0.15, -0.1) is 0 Å². The number of aryl methyl sites for hydroxylation is 2. The summed E-state index contributed by atoms with van der Waals surface area (Å²) in [5.74, 6) is -15.3. The Labute approximate surface area is 390 Å². The lowest BCUT2D eigenvalue weighted by Crippen LogP contribution is -2.34. The maximum absolute atomic E-state index is 16.6. The maximum Gasteiger partial charge on any atom is 0.204 e. The van der Waals surface area contributed by atoms with Crippen LogP contribution in [0.5, 0.6) is 17.2 Å². The summed E-state index contributed by atoms with van der Waals surface area (Å²) in [7, 11) is 0. The highest BCUT2D eigenvalue weighted by Crippen LogP contribution is 2.46. The Hall–Kier alpha value is -7.36. The number of ether oxygens (including phenoxy) is 2. The van der Waals surface area contributed by atoms with Crippen molar-refractivity contribution >= 4 is 39.8 Å². The van der Waals surface area contributed by atoms with Crippen molar-refractivity contribution in [2.75, 3.05) is 26.4 Å². The molecule has 12 nitrogen and oxygen atoms in total. The zero-order chi connectivity index (χ0) is 49.7. The normalized spacial score (nSPS) is 16.9. The number of aromatic amines is 2. The van der Waals surface area contributed by atoms with Gasteiger partial charge in [0.2, 0.25) is 11.6 Å². The third-order valence-corrected chi connectivity index (χ3v) is 11.8. The largest absolute Gasteiger partial charge is 0.508 e. The van der Waals surface area contributed by atoms with Gasteiger partial charge in [0.05, 0.1) is 53.7 Å². The van der Waals surface area contributed by atoms with E-state index in [1.54, 1.807) is 6.07 Å². The highest BCUT2D eigenvalue weighted by molar-refractivity contribution is 5.98. The molecular weight excluding hydrogens is 937 g/mol. The van der Waals surface area contributed by atoms with Gasteiger partial charge in [0, 0.05) is 44.3 Å². The van der Waals surface area contributed by atoms with Crippen molar-refractivity contribution in [3.05, 3.63) is 142 Å². The number of alkyl halides is 1. The van der Waals surface area contributed by atoms with E-state index in [2.05, 4.69) is 9.97 Å². The molecule has 9 rings (SSSR count). The second-order valence-electron chi connectivity index (χ2n) is 16.4. The maximum atomic E-state index is 16.6. The van der Waals surface area contributed by atoms with Crippen molar-refractivity contribution in [1.82, 2.24) is 19.9 Å². The van der Waals surface area contributed by atoms with Crippen LogP contribution in [0.25, 0.3) is 73.2 Å². The predicted octanol–water partition coefficient (Wildman–Crippen LogP) is 8.89. The Morgan fingerprint density at radius 1 is 0.586 bits per heavy atom.